The Balaban J connectivity index is 2.18. The van der Waals surface area contributed by atoms with E-state index in [4.69, 9.17) is 11.6 Å². The first-order valence-electron chi connectivity index (χ1n) is 7.39. The van der Waals surface area contributed by atoms with Crippen LogP contribution in [0.15, 0.2) is 47.4 Å². The number of anilines is 1. The monoisotopic (exact) mass is 413 g/mol. The predicted molar refractivity (Wildman–Crippen MR) is 98.2 cm³/mol. The van der Waals surface area contributed by atoms with E-state index in [1.54, 1.807) is 18.2 Å². The molecule has 0 saturated heterocycles. The SMILES string of the molecule is Cc1ccc(S(=O)(=O)N2c3c(Cl)cccc3CCC2CBr)cc1. The number of aryl methyl sites for hydroxylation is 2. The van der Waals surface area contributed by atoms with Gasteiger partial charge in [-0.2, -0.15) is 0 Å². The van der Waals surface area contributed by atoms with Gasteiger partial charge in [0, 0.05) is 5.33 Å². The molecule has 0 amide bonds. The standard InChI is InChI=1S/C17H17BrClNO2S/c1-12-5-9-15(10-6-12)23(21,22)20-14(11-18)8-7-13-3-2-4-16(19)17(13)20/h2-6,9-10,14H,7-8,11H2,1H3. The van der Waals surface area contributed by atoms with Crippen molar-refractivity contribution < 1.29 is 8.42 Å². The molecule has 0 radical (unpaired) electrons. The molecule has 2 aromatic carbocycles. The van der Waals surface area contributed by atoms with Crippen molar-refractivity contribution in [1.82, 2.24) is 0 Å². The lowest BCUT2D eigenvalue weighted by Crippen LogP contribution is -2.44. The van der Waals surface area contributed by atoms with Crippen molar-refractivity contribution in [2.45, 2.75) is 30.7 Å². The average molecular weight is 415 g/mol. The van der Waals surface area contributed by atoms with Gasteiger partial charge in [0.05, 0.1) is 21.6 Å². The summed E-state index contributed by atoms with van der Waals surface area (Å²) in [6, 6.07) is 12.3. The normalized spacial score (nSPS) is 17.9. The molecule has 6 heteroatoms. The van der Waals surface area contributed by atoms with E-state index in [0.717, 1.165) is 24.0 Å². The maximum Gasteiger partial charge on any atom is 0.264 e. The smallest absolute Gasteiger partial charge is 0.261 e. The minimum atomic E-state index is -3.66. The number of fused-ring (bicyclic) bond motifs is 1. The molecule has 0 aliphatic carbocycles. The van der Waals surface area contributed by atoms with Gasteiger partial charge in [0.25, 0.3) is 10.0 Å². The Morgan fingerprint density at radius 2 is 1.91 bits per heavy atom. The number of hydrogen-bond donors (Lipinski definition) is 0. The van der Waals surface area contributed by atoms with Gasteiger partial charge in [-0.05, 0) is 43.5 Å². The summed E-state index contributed by atoms with van der Waals surface area (Å²) in [4.78, 5) is 0.293. The largest absolute Gasteiger partial charge is 0.264 e. The van der Waals surface area contributed by atoms with Crippen molar-refractivity contribution in [1.29, 1.82) is 0 Å². The topological polar surface area (TPSA) is 37.4 Å². The second-order valence-electron chi connectivity index (χ2n) is 5.71. The maximum absolute atomic E-state index is 13.2. The summed E-state index contributed by atoms with van der Waals surface area (Å²) in [6.07, 6.45) is 1.59. The van der Waals surface area contributed by atoms with Gasteiger partial charge in [-0.15, -0.1) is 0 Å². The predicted octanol–water partition coefficient (Wildman–Crippen LogP) is 4.55. The molecule has 23 heavy (non-hydrogen) atoms. The van der Waals surface area contributed by atoms with Crippen LogP contribution in [0, 0.1) is 6.92 Å². The van der Waals surface area contributed by atoms with Gasteiger partial charge in [-0.25, -0.2) is 8.42 Å². The van der Waals surface area contributed by atoms with Crippen LogP contribution in [-0.2, 0) is 16.4 Å². The number of halogens is 2. The zero-order chi connectivity index (χ0) is 16.6. The van der Waals surface area contributed by atoms with E-state index in [0.29, 0.717) is 20.9 Å². The summed E-state index contributed by atoms with van der Waals surface area (Å²) >= 11 is 9.81. The van der Waals surface area contributed by atoms with Gasteiger partial charge in [-0.1, -0.05) is 57.4 Å². The molecule has 0 aromatic heterocycles. The molecule has 122 valence electrons. The Kier molecular flexibility index (Phi) is 4.72. The van der Waals surface area contributed by atoms with E-state index in [-0.39, 0.29) is 6.04 Å². The number of hydrogen-bond acceptors (Lipinski definition) is 2. The van der Waals surface area contributed by atoms with Crippen LogP contribution >= 0.6 is 27.5 Å². The Morgan fingerprint density at radius 3 is 2.57 bits per heavy atom. The maximum atomic E-state index is 13.2. The van der Waals surface area contributed by atoms with Crippen molar-refractivity contribution in [3.05, 3.63) is 58.6 Å². The fourth-order valence-corrected chi connectivity index (χ4v) is 5.79. The summed E-state index contributed by atoms with van der Waals surface area (Å²) in [5, 5.41) is 1.05. The molecular formula is C17H17BrClNO2S. The van der Waals surface area contributed by atoms with E-state index in [1.165, 1.54) is 4.31 Å². The third-order valence-electron chi connectivity index (χ3n) is 4.13. The number of rotatable bonds is 3. The zero-order valence-corrected chi connectivity index (χ0v) is 15.8. The third kappa shape index (κ3) is 3.02. The van der Waals surface area contributed by atoms with Crippen molar-refractivity contribution in [3.8, 4) is 0 Å². The second kappa shape index (κ2) is 6.46. The van der Waals surface area contributed by atoms with Gasteiger partial charge in [0.2, 0.25) is 0 Å². The molecule has 0 fully saturated rings. The van der Waals surface area contributed by atoms with Crippen LogP contribution in [0.4, 0.5) is 5.69 Å². The van der Waals surface area contributed by atoms with E-state index in [2.05, 4.69) is 15.9 Å². The van der Waals surface area contributed by atoms with Crippen molar-refractivity contribution in [2.24, 2.45) is 0 Å². The molecule has 2 aromatic rings. The van der Waals surface area contributed by atoms with Crippen LogP contribution in [0.2, 0.25) is 5.02 Å². The molecule has 1 aliphatic rings. The summed E-state index contributed by atoms with van der Waals surface area (Å²) < 4.78 is 28.0. The molecule has 1 aliphatic heterocycles. The van der Waals surface area contributed by atoms with Gasteiger partial charge < -0.3 is 0 Å². The van der Waals surface area contributed by atoms with E-state index >= 15 is 0 Å². The highest BCUT2D eigenvalue weighted by atomic mass is 79.9. The molecule has 0 N–H and O–H groups in total. The molecule has 0 bridgehead atoms. The Bertz CT molecular complexity index is 821. The lowest BCUT2D eigenvalue weighted by atomic mass is 9.99. The Hall–Kier alpha value is -1.04. The number of sulfonamides is 1. The first-order chi connectivity index (χ1) is 10.9. The van der Waals surface area contributed by atoms with E-state index in [9.17, 15) is 8.42 Å². The molecule has 0 saturated carbocycles. The van der Waals surface area contributed by atoms with Crippen molar-refractivity contribution in [3.63, 3.8) is 0 Å². The lowest BCUT2D eigenvalue weighted by Gasteiger charge is -2.37. The van der Waals surface area contributed by atoms with Gasteiger partial charge in [0.15, 0.2) is 0 Å². The molecular weight excluding hydrogens is 398 g/mol. The Morgan fingerprint density at radius 1 is 1.22 bits per heavy atom. The van der Waals surface area contributed by atoms with Crippen molar-refractivity contribution >= 4 is 43.2 Å². The van der Waals surface area contributed by atoms with Gasteiger partial charge >= 0.3 is 0 Å². The van der Waals surface area contributed by atoms with Crippen molar-refractivity contribution in [2.75, 3.05) is 9.64 Å². The molecule has 3 rings (SSSR count). The quantitative estimate of drug-likeness (QED) is 0.691. The summed E-state index contributed by atoms with van der Waals surface area (Å²) in [7, 11) is -3.66. The molecule has 0 spiro atoms. The molecule has 1 unspecified atom stereocenters. The summed E-state index contributed by atoms with van der Waals surface area (Å²) in [5.74, 6) is 0. The lowest BCUT2D eigenvalue weighted by molar-refractivity contribution is 0.566. The van der Waals surface area contributed by atoms with Gasteiger partial charge in [-0.3, -0.25) is 4.31 Å². The molecule has 3 nitrogen and oxygen atoms in total. The Labute approximate surface area is 150 Å². The highest BCUT2D eigenvalue weighted by Gasteiger charge is 2.36. The highest BCUT2D eigenvalue weighted by Crippen LogP contribution is 2.40. The van der Waals surface area contributed by atoms with E-state index < -0.39 is 10.0 Å². The highest BCUT2D eigenvalue weighted by molar-refractivity contribution is 9.09. The van der Waals surface area contributed by atoms with Gasteiger partial charge in [0.1, 0.15) is 0 Å². The van der Waals surface area contributed by atoms with Crippen LogP contribution in [0.1, 0.15) is 17.5 Å². The minimum absolute atomic E-state index is 0.145. The molecule has 1 heterocycles. The minimum Gasteiger partial charge on any atom is -0.261 e. The average Bonchev–Trinajstić information content (AvgIpc) is 2.54. The van der Waals surface area contributed by atoms with Crippen LogP contribution < -0.4 is 4.31 Å². The number of nitrogens with zero attached hydrogens (tertiary/aromatic N) is 1. The number of para-hydroxylation sites is 1. The van der Waals surface area contributed by atoms with Crippen LogP contribution in [0.25, 0.3) is 0 Å². The van der Waals surface area contributed by atoms with E-state index in [1.807, 2.05) is 31.2 Å². The van der Waals surface area contributed by atoms with Crippen LogP contribution in [0.5, 0.6) is 0 Å². The fraction of sp³-hybridized carbons (Fsp3) is 0.294. The number of benzene rings is 2. The van der Waals surface area contributed by atoms with Crippen LogP contribution in [0.3, 0.4) is 0 Å². The summed E-state index contributed by atoms with van der Waals surface area (Å²) in [6.45, 7) is 1.94. The number of alkyl halides is 1. The third-order valence-corrected chi connectivity index (χ3v) is 7.04. The van der Waals surface area contributed by atoms with Crippen LogP contribution in [-0.4, -0.2) is 19.8 Å². The zero-order valence-electron chi connectivity index (χ0n) is 12.7. The fourth-order valence-electron chi connectivity index (χ4n) is 2.91. The molecule has 1 atom stereocenters. The first kappa shape index (κ1) is 16.8. The first-order valence-corrected chi connectivity index (χ1v) is 10.3. The second-order valence-corrected chi connectivity index (χ2v) is 8.58. The summed E-state index contributed by atoms with van der Waals surface area (Å²) in [5.41, 5.74) is 2.62.